The van der Waals surface area contributed by atoms with Crippen LogP contribution in [0.25, 0.3) is 0 Å². The first-order valence-electron chi connectivity index (χ1n) is 5.43. The SMILES string of the molecule is CC1CN(C(=O)c2nnc(Cl)s2)CC1N(C)C. The summed E-state index contributed by atoms with van der Waals surface area (Å²) in [5.74, 6) is 0.406. The molecule has 0 saturated carbocycles. The van der Waals surface area contributed by atoms with Gasteiger partial charge in [0.1, 0.15) is 0 Å². The number of halogens is 1. The molecular formula is C10H15ClN4OS. The molecule has 1 fully saturated rings. The number of carbonyl (C=O) groups is 1. The van der Waals surface area contributed by atoms with Gasteiger partial charge in [-0.2, -0.15) is 0 Å². The van der Waals surface area contributed by atoms with E-state index in [0.29, 0.717) is 21.4 Å². The van der Waals surface area contributed by atoms with Crippen LogP contribution in [-0.4, -0.2) is 59.1 Å². The number of rotatable bonds is 2. The van der Waals surface area contributed by atoms with Gasteiger partial charge in [-0.15, -0.1) is 10.2 Å². The molecule has 17 heavy (non-hydrogen) atoms. The first-order chi connectivity index (χ1) is 7.99. The van der Waals surface area contributed by atoms with Crippen molar-refractivity contribution < 1.29 is 4.79 Å². The average Bonchev–Trinajstić information content (AvgIpc) is 2.83. The molecule has 2 unspecified atom stereocenters. The minimum atomic E-state index is -0.0643. The Morgan fingerprint density at radius 2 is 2.18 bits per heavy atom. The van der Waals surface area contributed by atoms with Crippen molar-refractivity contribution in [3.8, 4) is 0 Å². The van der Waals surface area contributed by atoms with E-state index in [-0.39, 0.29) is 5.91 Å². The molecule has 2 rings (SSSR count). The van der Waals surface area contributed by atoms with Crippen molar-refractivity contribution in [2.24, 2.45) is 5.92 Å². The molecule has 2 atom stereocenters. The normalized spacial score (nSPS) is 24.6. The number of hydrogen-bond acceptors (Lipinski definition) is 5. The topological polar surface area (TPSA) is 49.3 Å². The third kappa shape index (κ3) is 2.59. The maximum atomic E-state index is 12.1. The Hall–Kier alpha value is -0.720. The van der Waals surface area contributed by atoms with Crippen LogP contribution in [0.5, 0.6) is 0 Å². The highest BCUT2D eigenvalue weighted by Gasteiger charge is 2.35. The van der Waals surface area contributed by atoms with E-state index in [0.717, 1.165) is 24.4 Å². The van der Waals surface area contributed by atoms with Crippen LogP contribution in [0, 0.1) is 5.92 Å². The molecule has 0 aliphatic carbocycles. The van der Waals surface area contributed by atoms with Crippen LogP contribution in [0.15, 0.2) is 0 Å². The van der Waals surface area contributed by atoms with Crippen molar-refractivity contribution in [1.29, 1.82) is 0 Å². The summed E-state index contributed by atoms with van der Waals surface area (Å²) in [6, 6.07) is 0.405. The molecule has 0 bridgehead atoms. The average molecular weight is 275 g/mol. The van der Waals surface area contributed by atoms with Crippen LogP contribution in [-0.2, 0) is 0 Å². The monoisotopic (exact) mass is 274 g/mol. The lowest BCUT2D eigenvalue weighted by molar-refractivity contribution is 0.0780. The molecule has 2 heterocycles. The number of amides is 1. The van der Waals surface area contributed by atoms with Crippen molar-refractivity contribution in [1.82, 2.24) is 20.0 Å². The smallest absolute Gasteiger partial charge is 0.284 e. The van der Waals surface area contributed by atoms with E-state index in [9.17, 15) is 4.79 Å². The third-order valence-corrected chi connectivity index (χ3v) is 4.11. The second kappa shape index (κ2) is 4.88. The molecule has 94 valence electrons. The van der Waals surface area contributed by atoms with Gasteiger partial charge in [-0.25, -0.2) is 0 Å². The van der Waals surface area contributed by atoms with Crippen LogP contribution < -0.4 is 0 Å². The van der Waals surface area contributed by atoms with Gasteiger partial charge in [0.05, 0.1) is 0 Å². The van der Waals surface area contributed by atoms with Gasteiger partial charge in [0.2, 0.25) is 9.47 Å². The molecule has 1 aromatic rings. The summed E-state index contributed by atoms with van der Waals surface area (Å²) in [6.45, 7) is 3.66. The highest BCUT2D eigenvalue weighted by Crippen LogP contribution is 2.23. The fraction of sp³-hybridized carbons (Fsp3) is 0.700. The molecule has 1 saturated heterocycles. The molecule has 0 aromatic carbocycles. The first kappa shape index (κ1) is 12.7. The van der Waals surface area contributed by atoms with Gasteiger partial charge in [0.15, 0.2) is 0 Å². The summed E-state index contributed by atoms with van der Waals surface area (Å²) in [5, 5.41) is 7.82. The van der Waals surface area contributed by atoms with Crippen LogP contribution in [0.4, 0.5) is 0 Å². The van der Waals surface area contributed by atoms with E-state index in [4.69, 9.17) is 11.6 Å². The Morgan fingerprint density at radius 3 is 2.65 bits per heavy atom. The lowest BCUT2D eigenvalue weighted by Crippen LogP contribution is -2.35. The summed E-state index contributed by atoms with van der Waals surface area (Å²) in [4.78, 5) is 16.1. The largest absolute Gasteiger partial charge is 0.335 e. The van der Waals surface area contributed by atoms with Gasteiger partial charge >= 0.3 is 0 Å². The van der Waals surface area contributed by atoms with Gasteiger partial charge < -0.3 is 9.80 Å². The standard InChI is InChI=1S/C10H15ClN4OS/c1-6-4-15(5-7(6)14(2)3)9(16)8-12-13-10(11)17-8/h6-7H,4-5H2,1-3H3. The fourth-order valence-electron chi connectivity index (χ4n) is 2.21. The van der Waals surface area contributed by atoms with Crippen molar-refractivity contribution in [3.63, 3.8) is 0 Å². The van der Waals surface area contributed by atoms with E-state index in [2.05, 4.69) is 22.0 Å². The number of likely N-dealkylation sites (tertiary alicyclic amines) is 1. The molecule has 0 N–H and O–H groups in total. The predicted molar refractivity (Wildman–Crippen MR) is 67.5 cm³/mol. The molecule has 0 spiro atoms. The minimum Gasteiger partial charge on any atom is -0.335 e. The minimum absolute atomic E-state index is 0.0643. The highest BCUT2D eigenvalue weighted by atomic mass is 35.5. The Bertz CT molecular complexity index is 422. The van der Waals surface area contributed by atoms with Crippen molar-refractivity contribution in [2.45, 2.75) is 13.0 Å². The zero-order valence-corrected chi connectivity index (χ0v) is 11.6. The van der Waals surface area contributed by atoms with Crippen LogP contribution in [0.1, 0.15) is 16.7 Å². The van der Waals surface area contributed by atoms with E-state index < -0.39 is 0 Å². The summed E-state index contributed by atoms with van der Waals surface area (Å²) >= 11 is 6.82. The van der Waals surface area contributed by atoms with Crippen LogP contribution in [0.3, 0.4) is 0 Å². The van der Waals surface area contributed by atoms with E-state index in [1.165, 1.54) is 0 Å². The summed E-state index contributed by atoms with van der Waals surface area (Å²) in [5.41, 5.74) is 0. The lowest BCUT2D eigenvalue weighted by atomic mass is 10.1. The maximum absolute atomic E-state index is 12.1. The first-order valence-corrected chi connectivity index (χ1v) is 6.63. The zero-order chi connectivity index (χ0) is 12.6. The number of aromatic nitrogens is 2. The number of likely N-dealkylation sites (N-methyl/N-ethyl adjacent to an activating group) is 1. The van der Waals surface area contributed by atoms with E-state index in [1.807, 2.05) is 19.0 Å². The Balaban J connectivity index is 2.08. The van der Waals surface area contributed by atoms with Gasteiger partial charge in [0, 0.05) is 19.1 Å². The molecule has 1 aliphatic heterocycles. The second-order valence-electron chi connectivity index (χ2n) is 4.58. The third-order valence-electron chi connectivity index (χ3n) is 3.11. The van der Waals surface area contributed by atoms with Crippen molar-refractivity contribution >= 4 is 28.8 Å². The van der Waals surface area contributed by atoms with Crippen molar-refractivity contribution in [3.05, 3.63) is 9.47 Å². The Labute approximate surface area is 109 Å². The van der Waals surface area contributed by atoms with Gasteiger partial charge in [-0.1, -0.05) is 18.3 Å². The summed E-state index contributed by atoms with van der Waals surface area (Å²) in [6.07, 6.45) is 0. The number of carbonyl (C=O) groups excluding carboxylic acids is 1. The van der Waals surface area contributed by atoms with Gasteiger partial charge in [-0.3, -0.25) is 4.79 Å². The number of nitrogens with zero attached hydrogens (tertiary/aromatic N) is 4. The molecule has 1 aromatic heterocycles. The Kier molecular flexibility index (Phi) is 3.65. The van der Waals surface area contributed by atoms with Gasteiger partial charge in [-0.05, 0) is 31.6 Å². The number of hydrogen-bond donors (Lipinski definition) is 0. The zero-order valence-electron chi connectivity index (χ0n) is 10.1. The highest BCUT2D eigenvalue weighted by molar-refractivity contribution is 7.17. The molecule has 1 aliphatic rings. The fourth-order valence-corrected chi connectivity index (χ4v) is 3.01. The van der Waals surface area contributed by atoms with Gasteiger partial charge in [0.25, 0.3) is 5.91 Å². The molecule has 5 nitrogen and oxygen atoms in total. The van der Waals surface area contributed by atoms with E-state index >= 15 is 0 Å². The van der Waals surface area contributed by atoms with Crippen LogP contribution >= 0.6 is 22.9 Å². The molecular weight excluding hydrogens is 260 g/mol. The summed E-state index contributed by atoms with van der Waals surface area (Å²) in [7, 11) is 4.08. The molecule has 7 heteroatoms. The predicted octanol–water partition coefficient (Wildman–Crippen LogP) is 1.21. The molecule has 0 radical (unpaired) electrons. The summed E-state index contributed by atoms with van der Waals surface area (Å²) < 4.78 is 0.310. The van der Waals surface area contributed by atoms with Crippen LogP contribution in [0.2, 0.25) is 4.47 Å². The molecule has 1 amide bonds. The Morgan fingerprint density at radius 1 is 1.47 bits per heavy atom. The van der Waals surface area contributed by atoms with Crippen molar-refractivity contribution in [2.75, 3.05) is 27.2 Å². The quantitative estimate of drug-likeness (QED) is 0.814. The lowest BCUT2D eigenvalue weighted by Gasteiger charge is -2.22. The van der Waals surface area contributed by atoms with E-state index in [1.54, 1.807) is 0 Å². The maximum Gasteiger partial charge on any atom is 0.284 e. The second-order valence-corrected chi connectivity index (χ2v) is 6.14.